The average Bonchev–Trinajstić information content (AvgIpc) is 3.08. The number of hydrogen-bond donors (Lipinski definition) is 0. The molecule has 0 bridgehead atoms. The van der Waals surface area contributed by atoms with Crippen LogP contribution in [0.25, 0.3) is 0 Å². The van der Waals surface area contributed by atoms with Crippen LogP contribution in [0.1, 0.15) is 199 Å². The van der Waals surface area contributed by atoms with E-state index in [2.05, 4.69) is 13.8 Å². The van der Waals surface area contributed by atoms with Crippen LogP contribution in [0.2, 0.25) is 0 Å². The monoisotopic (exact) mass is 695 g/mol. The Morgan fingerprint density at radius 1 is 0.479 bits per heavy atom. The fourth-order valence-corrected chi connectivity index (χ4v) is 7.18. The highest BCUT2D eigenvalue weighted by Gasteiger charge is 2.19. The molecule has 0 saturated heterocycles. The Balaban J connectivity index is 2.19. The molecule has 6 heteroatoms. The second-order valence-corrected chi connectivity index (χ2v) is 15.9. The van der Waals surface area contributed by atoms with Gasteiger partial charge in [-0.05, 0) is 31.9 Å². The van der Waals surface area contributed by atoms with Gasteiger partial charge in [0.25, 0.3) is 10.1 Å². The van der Waals surface area contributed by atoms with E-state index in [1.165, 1.54) is 161 Å². The lowest BCUT2D eigenvalue weighted by Crippen LogP contribution is -2.28. The SMILES string of the molecule is CCCCCCCCCCCCCCCCOCC(COS(=O)(=O)c1ccc(C)cc1)OCCCCCCCCCCCCCCCC. The molecule has 1 atom stereocenters. The van der Waals surface area contributed by atoms with Gasteiger partial charge in [-0.3, -0.25) is 4.18 Å². The summed E-state index contributed by atoms with van der Waals surface area (Å²) in [6, 6.07) is 6.78. The molecule has 0 heterocycles. The molecule has 5 nitrogen and oxygen atoms in total. The van der Waals surface area contributed by atoms with Crippen LogP contribution in [0.3, 0.4) is 0 Å². The molecule has 0 amide bonds. The molecule has 0 aromatic heterocycles. The summed E-state index contributed by atoms with van der Waals surface area (Å²) < 4.78 is 43.0. The zero-order chi connectivity index (χ0) is 34.8. The molecule has 0 aliphatic carbocycles. The van der Waals surface area contributed by atoms with Gasteiger partial charge in [0.1, 0.15) is 6.10 Å². The normalized spacial score (nSPS) is 12.6. The largest absolute Gasteiger partial charge is 0.379 e. The Bertz CT molecular complexity index is 901. The first kappa shape index (κ1) is 45.1. The Morgan fingerprint density at radius 3 is 1.23 bits per heavy atom. The third kappa shape index (κ3) is 27.8. The van der Waals surface area contributed by atoms with E-state index in [1.807, 2.05) is 6.92 Å². The molecular formula is C42H78O5S. The molecule has 0 radical (unpaired) electrons. The van der Waals surface area contributed by atoms with Gasteiger partial charge in [-0.25, -0.2) is 0 Å². The van der Waals surface area contributed by atoms with Crippen LogP contribution in [0.5, 0.6) is 0 Å². The van der Waals surface area contributed by atoms with Crippen LogP contribution < -0.4 is 0 Å². The fraction of sp³-hybridized carbons (Fsp3) is 0.857. The molecule has 48 heavy (non-hydrogen) atoms. The lowest BCUT2D eigenvalue weighted by Gasteiger charge is -2.18. The molecule has 282 valence electrons. The highest BCUT2D eigenvalue weighted by molar-refractivity contribution is 7.86. The smallest absolute Gasteiger partial charge is 0.297 e. The van der Waals surface area contributed by atoms with Crippen molar-refractivity contribution in [2.45, 2.75) is 212 Å². The Labute approximate surface area is 299 Å². The summed E-state index contributed by atoms with van der Waals surface area (Å²) in [6.45, 7) is 8.13. The summed E-state index contributed by atoms with van der Waals surface area (Å²) in [5.74, 6) is 0. The highest BCUT2D eigenvalue weighted by atomic mass is 32.2. The molecule has 1 unspecified atom stereocenters. The van der Waals surface area contributed by atoms with E-state index in [9.17, 15) is 8.42 Å². The van der Waals surface area contributed by atoms with Gasteiger partial charge in [0.2, 0.25) is 0 Å². The summed E-state index contributed by atoms with van der Waals surface area (Å²) in [5, 5.41) is 0. The summed E-state index contributed by atoms with van der Waals surface area (Å²) in [6.07, 6.45) is 36.8. The van der Waals surface area contributed by atoms with E-state index < -0.39 is 10.1 Å². The summed E-state index contributed by atoms with van der Waals surface area (Å²) in [7, 11) is -3.83. The first-order chi connectivity index (χ1) is 23.5. The number of benzene rings is 1. The van der Waals surface area contributed by atoms with E-state index >= 15 is 0 Å². The van der Waals surface area contributed by atoms with Gasteiger partial charge in [0, 0.05) is 13.2 Å². The molecule has 0 N–H and O–H groups in total. The number of ether oxygens (including phenoxy) is 2. The quantitative estimate of drug-likeness (QED) is 0.0512. The number of hydrogen-bond acceptors (Lipinski definition) is 5. The van der Waals surface area contributed by atoms with Gasteiger partial charge in [-0.2, -0.15) is 8.42 Å². The van der Waals surface area contributed by atoms with Crippen molar-refractivity contribution in [3.63, 3.8) is 0 Å². The zero-order valence-corrected chi connectivity index (χ0v) is 32.8. The Morgan fingerprint density at radius 2 is 0.833 bits per heavy atom. The number of aryl methyl sites for hydroxylation is 1. The Hall–Kier alpha value is -0.950. The topological polar surface area (TPSA) is 61.8 Å². The predicted octanol–water partition coefficient (Wildman–Crippen LogP) is 13.1. The van der Waals surface area contributed by atoms with Gasteiger partial charge in [0.15, 0.2) is 0 Å². The van der Waals surface area contributed by atoms with E-state index in [4.69, 9.17) is 13.7 Å². The molecule has 0 aliphatic rings. The van der Waals surface area contributed by atoms with E-state index in [0.29, 0.717) is 19.8 Å². The van der Waals surface area contributed by atoms with E-state index in [0.717, 1.165) is 24.8 Å². The molecule has 1 rings (SSSR count). The second-order valence-electron chi connectivity index (χ2n) is 14.3. The number of rotatable bonds is 37. The lowest BCUT2D eigenvalue weighted by molar-refractivity contribution is -0.0379. The highest BCUT2D eigenvalue weighted by Crippen LogP contribution is 2.17. The lowest BCUT2D eigenvalue weighted by atomic mass is 10.0. The number of unbranched alkanes of at least 4 members (excludes halogenated alkanes) is 26. The minimum absolute atomic E-state index is 0.0203. The molecule has 0 spiro atoms. The van der Waals surface area contributed by atoms with Gasteiger partial charge >= 0.3 is 0 Å². The van der Waals surface area contributed by atoms with Crippen LogP contribution in [0, 0.1) is 6.92 Å². The van der Waals surface area contributed by atoms with Crippen molar-refractivity contribution in [2.24, 2.45) is 0 Å². The fourth-order valence-electron chi connectivity index (χ4n) is 6.24. The third-order valence-electron chi connectivity index (χ3n) is 9.52. The van der Waals surface area contributed by atoms with Gasteiger partial charge in [0.05, 0.1) is 18.1 Å². The molecule has 1 aromatic carbocycles. The van der Waals surface area contributed by atoms with Crippen LogP contribution in [-0.2, 0) is 23.8 Å². The zero-order valence-electron chi connectivity index (χ0n) is 32.0. The van der Waals surface area contributed by atoms with Gasteiger partial charge in [-0.15, -0.1) is 0 Å². The maximum atomic E-state index is 12.8. The second kappa shape index (κ2) is 33.2. The van der Waals surface area contributed by atoms with Crippen molar-refractivity contribution in [3.8, 4) is 0 Å². The summed E-state index contributed by atoms with van der Waals surface area (Å²) >= 11 is 0. The summed E-state index contributed by atoms with van der Waals surface area (Å²) in [4.78, 5) is 0.183. The standard InChI is InChI=1S/C42H78O5S/c1-4-6-8-10-12-14-16-18-20-22-24-26-28-30-36-45-38-41(39-47-48(43,44)42-34-32-40(3)33-35-42)46-37-31-29-27-25-23-21-19-17-15-13-11-9-7-5-2/h32-35,41H,4-31,36-39H2,1-3H3. The van der Waals surface area contributed by atoms with Crippen LogP contribution in [0.4, 0.5) is 0 Å². The molecule has 1 aromatic rings. The van der Waals surface area contributed by atoms with Crippen LogP contribution in [-0.4, -0.2) is 40.9 Å². The van der Waals surface area contributed by atoms with Crippen LogP contribution in [0.15, 0.2) is 29.2 Å². The van der Waals surface area contributed by atoms with Crippen molar-refractivity contribution in [1.29, 1.82) is 0 Å². The minimum Gasteiger partial charge on any atom is -0.379 e. The minimum atomic E-state index is -3.83. The first-order valence-electron chi connectivity index (χ1n) is 20.6. The van der Waals surface area contributed by atoms with Crippen molar-refractivity contribution in [2.75, 3.05) is 26.4 Å². The molecular weight excluding hydrogens is 617 g/mol. The van der Waals surface area contributed by atoms with Crippen LogP contribution >= 0.6 is 0 Å². The molecule has 0 saturated carbocycles. The van der Waals surface area contributed by atoms with E-state index in [-0.39, 0.29) is 17.6 Å². The van der Waals surface area contributed by atoms with Crippen molar-refractivity contribution in [1.82, 2.24) is 0 Å². The molecule has 0 fully saturated rings. The Kier molecular flexibility index (Phi) is 31.2. The third-order valence-corrected chi connectivity index (χ3v) is 10.8. The molecule has 0 aliphatic heterocycles. The average molecular weight is 695 g/mol. The van der Waals surface area contributed by atoms with Crippen molar-refractivity contribution < 1.29 is 22.1 Å². The maximum Gasteiger partial charge on any atom is 0.297 e. The van der Waals surface area contributed by atoms with Gasteiger partial charge in [-0.1, -0.05) is 198 Å². The van der Waals surface area contributed by atoms with Gasteiger partial charge < -0.3 is 9.47 Å². The van der Waals surface area contributed by atoms with E-state index in [1.54, 1.807) is 24.3 Å². The summed E-state index contributed by atoms with van der Waals surface area (Å²) in [5.41, 5.74) is 1.01. The first-order valence-corrected chi connectivity index (χ1v) is 22.1. The maximum absolute atomic E-state index is 12.8. The van der Waals surface area contributed by atoms with Crippen molar-refractivity contribution >= 4 is 10.1 Å². The van der Waals surface area contributed by atoms with Crippen molar-refractivity contribution in [3.05, 3.63) is 29.8 Å². The predicted molar refractivity (Wildman–Crippen MR) is 205 cm³/mol.